The standard InChI is InChI=1S/C22H31N7O.HI/c1-4-23-22(24-11-10-16-12-25-21-15(2)6-5-7-18(16)21)26-17-8-9-20-27-19(14-30-3)28-29(20)13-17;/h5-7,12,17,25H,4,8-11,13-14H2,1-3H3,(H2,23,24,26);1H. The predicted molar refractivity (Wildman–Crippen MR) is 134 cm³/mol. The number of guanidine groups is 1. The molecule has 1 atom stereocenters. The maximum atomic E-state index is 5.15. The number of benzene rings is 1. The summed E-state index contributed by atoms with van der Waals surface area (Å²) in [5.74, 6) is 2.65. The number of para-hydroxylation sites is 1. The Bertz CT molecular complexity index is 1030. The van der Waals surface area contributed by atoms with Crippen molar-refractivity contribution in [3.05, 3.63) is 47.2 Å². The van der Waals surface area contributed by atoms with Crippen molar-refractivity contribution in [1.82, 2.24) is 30.4 Å². The molecule has 168 valence electrons. The number of aromatic nitrogens is 4. The van der Waals surface area contributed by atoms with Gasteiger partial charge in [0.05, 0.1) is 6.54 Å². The summed E-state index contributed by atoms with van der Waals surface area (Å²) in [6.07, 6.45) is 4.93. The molecule has 3 N–H and O–H groups in total. The monoisotopic (exact) mass is 537 g/mol. The van der Waals surface area contributed by atoms with Gasteiger partial charge in [-0.2, -0.15) is 5.10 Å². The van der Waals surface area contributed by atoms with Gasteiger partial charge in [-0.25, -0.2) is 9.67 Å². The second kappa shape index (κ2) is 10.9. The number of nitrogens with one attached hydrogen (secondary N) is 3. The van der Waals surface area contributed by atoms with Gasteiger partial charge in [-0.3, -0.25) is 4.99 Å². The summed E-state index contributed by atoms with van der Waals surface area (Å²) in [7, 11) is 1.67. The minimum absolute atomic E-state index is 0. The van der Waals surface area contributed by atoms with E-state index in [9.17, 15) is 0 Å². The summed E-state index contributed by atoms with van der Waals surface area (Å²) in [4.78, 5) is 12.8. The van der Waals surface area contributed by atoms with Crippen molar-refractivity contribution in [2.75, 3.05) is 20.2 Å². The molecular weight excluding hydrogens is 505 g/mol. The topological polar surface area (TPSA) is 92.2 Å². The number of halogens is 1. The molecule has 31 heavy (non-hydrogen) atoms. The minimum atomic E-state index is 0. The van der Waals surface area contributed by atoms with Crippen LogP contribution in [0.25, 0.3) is 10.9 Å². The first-order valence-corrected chi connectivity index (χ1v) is 10.7. The Balaban J connectivity index is 0.00000272. The molecule has 3 heterocycles. The van der Waals surface area contributed by atoms with E-state index in [1.54, 1.807) is 7.11 Å². The number of ether oxygens (including phenoxy) is 1. The fraction of sp³-hybridized carbons (Fsp3) is 0.500. The number of hydrogen-bond donors (Lipinski definition) is 3. The van der Waals surface area contributed by atoms with E-state index in [2.05, 4.69) is 63.9 Å². The van der Waals surface area contributed by atoms with E-state index in [0.717, 1.165) is 56.5 Å². The molecule has 3 aromatic rings. The minimum Gasteiger partial charge on any atom is -0.377 e. The third kappa shape index (κ3) is 5.57. The molecule has 0 spiro atoms. The SMILES string of the molecule is CCNC(=NCCc1c[nH]c2c(C)cccc12)NC1CCc2nc(COC)nn2C1.I. The molecular formula is C22H32IN7O. The van der Waals surface area contributed by atoms with E-state index in [1.165, 1.54) is 22.0 Å². The highest BCUT2D eigenvalue weighted by molar-refractivity contribution is 14.0. The van der Waals surface area contributed by atoms with Crippen LogP contribution >= 0.6 is 24.0 Å². The van der Waals surface area contributed by atoms with E-state index >= 15 is 0 Å². The second-order valence-electron chi connectivity index (χ2n) is 7.76. The summed E-state index contributed by atoms with van der Waals surface area (Å²) in [6, 6.07) is 6.71. The number of H-pyrrole nitrogens is 1. The fourth-order valence-electron chi connectivity index (χ4n) is 4.04. The molecule has 2 aromatic heterocycles. The lowest BCUT2D eigenvalue weighted by Crippen LogP contribution is -2.47. The van der Waals surface area contributed by atoms with Gasteiger partial charge >= 0.3 is 0 Å². The van der Waals surface area contributed by atoms with Crippen LogP contribution in [0.1, 0.15) is 36.1 Å². The van der Waals surface area contributed by atoms with Crippen LogP contribution in [0.15, 0.2) is 29.4 Å². The van der Waals surface area contributed by atoms with E-state index in [1.807, 2.05) is 4.68 Å². The van der Waals surface area contributed by atoms with Gasteiger partial charge in [-0.1, -0.05) is 18.2 Å². The largest absolute Gasteiger partial charge is 0.377 e. The number of fused-ring (bicyclic) bond motifs is 2. The van der Waals surface area contributed by atoms with Crippen LogP contribution in [-0.4, -0.2) is 51.9 Å². The zero-order valence-corrected chi connectivity index (χ0v) is 20.8. The number of aryl methyl sites for hydroxylation is 2. The van der Waals surface area contributed by atoms with Gasteiger partial charge in [0.2, 0.25) is 0 Å². The lowest BCUT2D eigenvalue weighted by atomic mass is 10.1. The molecule has 1 aliphatic rings. The van der Waals surface area contributed by atoms with Gasteiger partial charge in [-0.15, -0.1) is 24.0 Å². The maximum Gasteiger partial charge on any atom is 0.191 e. The van der Waals surface area contributed by atoms with Crippen molar-refractivity contribution >= 4 is 40.8 Å². The molecule has 0 amide bonds. The average Bonchev–Trinajstić information content (AvgIpc) is 3.33. The molecule has 0 saturated carbocycles. The lowest BCUT2D eigenvalue weighted by molar-refractivity contribution is 0.177. The van der Waals surface area contributed by atoms with E-state index in [0.29, 0.717) is 6.61 Å². The first kappa shape index (κ1) is 23.5. The molecule has 9 heteroatoms. The van der Waals surface area contributed by atoms with Gasteiger partial charge < -0.3 is 20.4 Å². The van der Waals surface area contributed by atoms with Crippen LogP contribution in [0.4, 0.5) is 0 Å². The van der Waals surface area contributed by atoms with Gasteiger partial charge in [0.25, 0.3) is 0 Å². The summed E-state index contributed by atoms with van der Waals surface area (Å²) in [6.45, 7) is 7.03. The van der Waals surface area contributed by atoms with Crippen molar-refractivity contribution in [2.45, 2.75) is 52.3 Å². The fourth-order valence-corrected chi connectivity index (χ4v) is 4.04. The smallest absolute Gasteiger partial charge is 0.191 e. The van der Waals surface area contributed by atoms with Crippen molar-refractivity contribution < 1.29 is 4.74 Å². The van der Waals surface area contributed by atoms with Crippen molar-refractivity contribution in [1.29, 1.82) is 0 Å². The first-order chi connectivity index (χ1) is 14.7. The average molecular weight is 537 g/mol. The van der Waals surface area contributed by atoms with Crippen LogP contribution in [0.2, 0.25) is 0 Å². The van der Waals surface area contributed by atoms with Crippen LogP contribution < -0.4 is 10.6 Å². The van der Waals surface area contributed by atoms with Gasteiger partial charge in [0.1, 0.15) is 12.4 Å². The Morgan fingerprint density at radius 3 is 3.06 bits per heavy atom. The summed E-state index contributed by atoms with van der Waals surface area (Å²) in [5, 5.41) is 12.8. The molecule has 0 bridgehead atoms. The first-order valence-electron chi connectivity index (χ1n) is 10.7. The zero-order chi connectivity index (χ0) is 20.9. The molecule has 0 aliphatic carbocycles. The molecule has 1 aromatic carbocycles. The highest BCUT2D eigenvalue weighted by atomic mass is 127. The summed E-state index contributed by atoms with van der Waals surface area (Å²) < 4.78 is 7.15. The molecule has 0 fully saturated rings. The van der Waals surface area contributed by atoms with Crippen LogP contribution in [0.5, 0.6) is 0 Å². The van der Waals surface area contributed by atoms with Crippen molar-refractivity contribution in [3.63, 3.8) is 0 Å². The Kier molecular flexibility index (Phi) is 8.30. The number of nitrogens with zero attached hydrogens (tertiary/aromatic N) is 4. The summed E-state index contributed by atoms with van der Waals surface area (Å²) in [5.41, 5.74) is 3.81. The van der Waals surface area contributed by atoms with Crippen molar-refractivity contribution in [3.8, 4) is 0 Å². The zero-order valence-electron chi connectivity index (χ0n) is 18.4. The number of methoxy groups -OCH3 is 1. The van der Waals surface area contributed by atoms with E-state index < -0.39 is 0 Å². The predicted octanol–water partition coefficient (Wildman–Crippen LogP) is 2.94. The Hall–Kier alpha value is -2.14. The number of rotatable bonds is 7. The third-order valence-corrected chi connectivity index (χ3v) is 5.52. The third-order valence-electron chi connectivity index (χ3n) is 5.52. The normalized spacial score (nSPS) is 16.1. The highest BCUT2D eigenvalue weighted by Crippen LogP contribution is 2.21. The van der Waals surface area contributed by atoms with Gasteiger partial charge in [-0.05, 0) is 37.8 Å². The van der Waals surface area contributed by atoms with E-state index in [-0.39, 0.29) is 30.0 Å². The van der Waals surface area contributed by atoms with Crippen LogP contribution in [0, 0.1) is 6.92 Å². The van der Waals surface area contributed by atoms with Crippen molar-refractivity contribution in [2.24, 2.45) is 4.99 Å². The second-order valence-corrected chi connectivity index (χ2v) is 7.76. The van der Waals surface area contributed by atoms with Gasteiger partial charge in [0, 0.05) is 49.8 Å². The lowest BCUT2D eigenvalue weighted by Gasteiger charge is -2.25. The quantitative estimate of drug-likeness (QED) is 0.245. The molecule has 4 rings (SSSR count). The molecule has 0 radical (unpaired) electrons. The molecule has 0 saturated heterocycles. The Morgan fingerprint density at radius 1 is 1.39 bits per heavy atom. The Labute approximate surface area is 200 Å². The summed E-state index contributed by atoms with van der Waals surface area (Å²) >= 11 is 0. The van der Waals surface area contributed by atoms with E-state index in [4.69, 9.17) is 9.73 Å². The number of aliphatic imine (C=N–C) groups is 1. The molecule has 1 unspecified atom stereocenters. The maximum absolute atomic E-state index is 5.15. The highest BCUT2D eigenvalue weighted by Gasteiger charge is 2.22. The number of hydrogen-bond acceptors (Lipinski definition) is 4. The Morgan fingerprint density at radius 2 is 2.26 bits per heavy atom. The van der Waals surface area contributed by atoms with Crippen LogP contribution in [-0.2, 0) is 30.7 Å². The number of aromatic amines is 1. The van der Waals surface area contributed by atoms with Gasteiger partial charge in [0.15, 0.2) is 11.8 Å². The van der Waals surface area contributed by atoms with Crippen LogP contribution in [0.3, 0.4) is 0 Å². The molecule has 1 aliphatic heterocycles. The molecule has 8 nitrogen and oxygen atoms in total.